The smallest absolute Gasteiger partial charge is 0.229 e. The highest BCUT2D eigenvalue weighted by Crippen LogP contribution is 2.33. The molecule has 2 fully saturated rings. The number of aliphatic hydroxyl groups excluding tert-OH is 1. The molecule has 9 nitrogen and oxygen atoms in total. The first kappa shape index (κ1) is 18.9. The zero-order valence-corrected chi connectivity index (χ0v) is 16.5. The predicted octanol–water partition coefficient (Wildman–Crippen LogP) is 1.56. The Balaban J connectivity index is 1.45. The topological polar surface area (TPSA) is 108 Å². The molecule has 2 aromatic rings. The van der Waals surface area contributed by atoms with Gasteiger partial charge in [0, 0.05) is 25.2 Å². The first-order valence-corrected chi connectivity index (χ1v) is 9.83. The highest BCUT2D eigenvalue weighted by Gasteiger charge is 2.40. The molecule has 0 radical (unpaired) electrons. The maximum atomic E-state index is 12.2. The molecule has 1 atom stereocenters. The lowest BCUT2D eigenvalue weighted by molar-refractivity contribution is -0.123. The number of halogens is 1. The van der Waals surface area contributed by atoms with Crippen LogP contribution in [0.1, 0.15) is 26.2 Å². The van der Waals surface area contributed by atoms with E-state index in [0.717, 1.165) is 31.5 Å². The van der Waals surface area contributed by atoms with Gasteiger partial charge in [-0.2, -0.15) is 10.1 Å². The van der Waals surface area contributed by atoms with Gasteiger partial charge in [-0.05, 0) is 26.2 Å². The molecule has 1 aliphatic carbocycles. The molecule has 1 amide bonds. The van der Waals surface area contributed by atoms with Gasteiger partial charge in [-0.25, -0.2) is 4.98 Å². The number of nitrogens with one attached hydrogen (secondary N) is 2. The third-order valence-corrected chi connectivity index (χ3v) is 5.36. The van der Waals surface area contributed by atoms with Crippen LogP contribution in [0.25, 0.3) is 0 Å². The zero-order valence-electron chi connectivity index (χ0n) is 15.7. The van der Waals surface area contributed by atoms with Crippen molar-refractivity contribution in [3.8, 4) is 0 Å². The van der Waals surface area contributed by atoms with Gasteiger partial charge in [0.15, 0.2) is 5.82 Å². The molecular weight excluding hydrogens is 382 g/mol. The van der Waals surface area contributed by atoms with Crippen LogP contribution in [0.15, 0.2) is 18.6 Å². The maximum Gasteiger partial charge on any atom is 0.229 e. The van der Waals surface area contributed by atoms with Crippen LogP contribution in [0.4, 0.5) is 17.5 Å². The van der Waals surface area contributed by atoms with Crippen molar-refractivity contribution in [2.45, 2.75) is 38.3 Å². The first-order valence-electron chi connectivity index (χ1n) is 9.46. The first-order chi connectivity index (χ1) is 13.5. The second-order valence-corrected chi connectivity index (χ2v) is 8.11. The Kier molecular flexibility index (Phi) is 5.11. The van der Waals surface area contributed by atoms with Crippen LogP contribution in [0, 0.1) is 5.92 Å². The van der Waals surface area contributed by atoms with Gasteiger partial charge in [0.2, 0.25) is 11.9 Å². The highest BCUT2D eigenvalue weighted by atomic mass is 35.5. The molecule has 3 N–H and O–H groups in total. The number of aliphatic hydroxyl groups is 1. The Labute approximate surface area is 168 Å². The summed E-state index contributed by atoms with van der Waals surface area (Å²) in [7, 11) is 0. The molecule has 1 aliphatic heterocycles. The van der Waals surface area contributed by atoms with E-state index in [2.05, 4.69) is 37.5 Å². The monoisotopic (exact) mass is 405 g/mol. The Bertz CT molecular complexity index is 869. The molecule has 0 aromatic carbocycles. The number of nitrogens with zero attached hydrogens (tertiary/aromatic N) is 5. The molecule has 10 heteroatoms. The third-order valence-electron chi connectivity index (χ3n) is 5.09. The molecule has 2 aliphatic rings. The lowest BCUT2D eigenvalue weighted by Gasteiger charge is -2.27. The van der Waals surface area contributed by atoms with Crippen molar-refractivity contribution in [2.75, 3.05) is 29.9 Å². The SMILES string of the molecule is C[C@]1(NC(=O)C2CC2)CCN(c2nc(Nc3cnn(CCO)c3)ncc2Cl)C1. The number of hydrogen-bond acceptors (Lipinski definition) is 7. The van der Waals surface area contributed by atoms with Crippen LogP contribution in [-0.2, 0) is 11.3 Å². The van der Waals surface area contributed by atoms with E-state index in [1.807, 2.05) is 0 Å². The van der Waals surface area contributed by atoms with Crippen LogP contribution in [0.3, 0.4) is 0 Å². The summed E-state index contributed by atoms with van der Waals surface area (Å²) in [6.07, 6.45) is 7.81. The zero-order chi connectivity index (χ0) is 19.7. The molecular formula is C18H24ClN7O2. The minimum absolute atomic E-state index is 0.0216. The number of amides is 1. The summed E-state index contributed by atoms with van der Waals surface area (Å²) in [5.41, 5.74) is 0.442. The molecule has 1 saturated heterocycles. The minimum Gasteiger partial charge on any atom is -0.394 e. The predicted molar refractivity (Wildman–Crippen MR) is 106 cm³/mol. The van der Waals surface area contributed by atoms with Crippen molar-refractivity contribution in [1.29, 1.82) is 0 Å². The quantitative estimate of drug-likeness (QED) is 0.641. The number of aromatic nitrogens is 4. The standard InChI is InChI=1S/C18H24ClN7O2/c1-18(24-16(28)12-2-3-12)4-5-25(11-18)15-14(19)9-20-17(23-15)22-13-8-21-26(10-13)6-7-27/h8-10,12,27H,2-7,11H2,1H3,(H,24,28)(H,20,22,23)/t18-/m0/s1. The van der Waals surface area contributed by atoms with Gasteiger partial charge in [0.25, 0.3) is 0 Å². The molecule has 1 saturated carbocycles. The van der Waals surface area contributed by atoms with Crippen LogP contribution in [0.2, 0.25) is 5.02 Å². The van der Waals surface area contributed by atoms with Gasteiger partial charge in [-0.15, -0.1) is 0 Å². The average molecular weight is 406 g/mol. The molecule has 2 aromatic heterocycles. The summed E-state index contributed by atoms with van der Waals surface area (Å²) in [6, 6.07) is 0. The number of carbonyl (C=O) groups is 1. The van der Waals surface area contributed by atoms with Crippen LogP contribution < -0.4 is 15.5 Å². The lowest BCUT2D eigenvalue weighted by atomic mass is 10.0. The molecule has 0 unspecified atom stereocenters. The van der Waals surface area contributed by atoms with Gasteiger partial charge in [0.05, 0.1) is 36.8 Å². The Hall–Kier alpha value is -2.39. The number of anilines is 3. The van der Waals surface area contributed by atoms with Crippen molar-refractivity contribution < 1.29 is 9.90 Å². The number of hydrogen-bond donors (Lipinski definition) is 3. The molecule has 150 valence electrons. The molecule has 0 bridgehead atoms. The average Bonchev–Trinajstić information content (AvgIpc) is 3.32. The fraction of sp³-hybridized carbons (Fsp3) is 0.556. The Morgan fingerprint density at radius 1 is 1.43 bits per heavy atom. The van der Waals surface area contributed by atoms with Crippen LogP contribution in [-0.4, -0.2) is 56.0 Å². The van der Waals surface area contributed by atoms with E-state index in [-0.39, 0.29) is 24.0 Å². The third kappa shape index (κ3) is 4.20. The van der Waals surface area contributed by atoms with E-state index in [1.54, 1.807) is 23.3 Å². The van der Waals surface area contributed by atoms with Crippen molar-refractivity contribution in [1.82, 2.24) is 25.1 Å². The highest BCUT2D eigenvalue weighted by molar-refractivity contribution is 6.32. The van der Waals surface area contributed by atoms with Crippen molar-refractivity contribution in [3.05, 3.63) is 23.6 Å². The second-order valence-electron chi connectivity index (χ2n) is 7.70. The molecule has 28 heavy (non-hydrogen) atoms. The Morgan fingerprint density at radius 3 is 3.00 bits per heavy atom. The fourth-order valence-electron chi connectivity index (χ4n) is 3.41. The van der Waals surface area contributed by atoms with Crippen molar-refractivity contribution in [3.63, 3.8) is 0 Å². The van der Waals surface area contributed by atoms with Crippen LogP contribution >= 0.6 is 11.6 Å². The van der Waals surface area contributed by atoms with E-state index in [9.17, 15) is 4.79 Å². The van der Waals surface area contributed by atoms with Crippen molar-refractivity contribution in [2.24, 2.45) is 5.92 Å². The van der Waals surface area contributed by atoms with E-state index in [1.165, 1.54) is 0 Å². The normalized spacial score (nSPS) is 21.8. The van der Waals surface area contributed by atoms with Crippen molar-refractivity contribution >= 4 is 35.0 Å². The summed E-state index contributed by atoms with van der Waals surface area (Å²) in [6.45, 7) is 3.92. The Morgan fingerprint density at radius 2 is 2.25 bits per heavy atom. The van der Waals surface area contributed by atoms with Crippen LogP contribution in [0.5, 0.6) is 0 Å². The van der Waals surface area contributed by atoms with E-state index >= 15 is 0 Å². The van der Waals surface area contributed by atoms with E-state index in [4.69, 9.17) is 16.7 Å². The number of rotatable bonds is 7. The summed E-state index contributed by atoms with van der Waals surface area (Å²) < 4.78 is 1.63. The van der Waals surface area contributed by atoms with Gasteiger partial charge < -0.3 is 20.6 Å². The summed E-state index contributed by atoms with van der Waals surface area (Å²) in [5, 5.41) is 19.9. The van der Waals surface area contributed by atoms with Gasteiger partial charge >= 0.3 is 0 Å². The van der Waals surface area contributed by atoms with Gasteiger partial charge in [-0.1, -0.05) is 11.6 Å². The lowest BCUT2D eigenvalue weighted by Crippen LogP contribution is -2.48. The fourth-order valence-corrected chi connectivity index (χ4v) is 3.62. The summed E-state index contributed by atoms with van der Waals surface area (Å²) in [4.78, 5) is 23.1. The minimum atomic E-state index is -0.285. The van der Waals surface area contributed by atoms with Gasteiger partial charge in [0.1, 0.15) is 5.02 Å². The number of carbonyl (C=O) groups excluding carboxylic acids is 1. The molecule has 0 spiro atoms. The summed E-state index contributed by atoms with van der Waals surface area (Å²) >= 11 is 6.36. The molecule has 4 rings (SSSR count). The summed E-state index contributed by atoms with van der Waals surface area (Å²) in [5.74, 6) is 1.40. The van der Waals surface area contributed by atoms with E-state index in [0.29, 0.717) is 29.9 Å². The maximum absolute atomic E-state index is 12.2. The second kappa shape index (κ2) is 7.56. The van der Waals surface area contributed by atoms with Gasteiger partial charge in [-0.3, -0.25) is 9.48 Å². The molecule has 3 heterocycles. The largest absolute Gasteiger partial charge is 0.394 e. The van der Waals surface area contributed by atoms with E-state index < -0.39 is 0 Å².